The van der Waals surface area contributed by atoms with E-state index in [0.29, 0.717) is 6.42 Å². The number of aliphatic hydroxyl groups is 1. The van der Waals surface area contributed by atoms with E-state index in [9.17, 15) is 13.5 Å². The van der Waals surface area contributed by atoms with E-state index >= 15 is 0 Å². The second-order valence-electron chi connectivity index (χ2n) is 4.39. The Morgan fingerprint density at radius 3 is 2.67 bits per heavy atom. The molecule has 0 spiro atoms. The minimum absolute atomic E-state index is 0.0270. The lowest BCUT2D eigenvalue weighted by atomic mass is 10.0. The molecule has 18 heavy (non-hydrogen) atoms. The molecule has 0 saturated heterocycles. The van der Waals surface area contributed by atoms with Crippen LogP contribution in [0.4, 0.5) is 0 Å². The molecule has 0 amide bonds. The van der Waals surface area contributed by atoms with E-state index in [2.05, 4.69) is 9.71 Å². The molecular weight excluding hydrogens is 276 g/mol. The van der Waals surface area contributed by atoms with Gasteiger partial charge in [-0.2, -0.15) is 0 Å². The molecule has 0 aliphatic heterocycles. The number of pyridine rings is 1. The molecule has 1 rings (SSSR count). The molecule has 1 unspecified atom stereocenters. The van der Waals surface area contributed by atoms with Gasteiger partial charge in [0.05, 0.1) is 5.60 Å². The predicted molar refractivity (Wildman–Crippen MR) is 70.0 cm³/mol. The van der Waals surface area contributed by atoms with Crippen LogP contribution in [0.1, 0.15) is 26.7 Å². The summed E-state index contributed by atoms with van der Waals surface area (Å²) in [7, 11) is -3.66. The van der Waals surface area contributed by atoms with Gasteiger partial charge in [0.1, 0.15) is 10.0 Å². The molecule has 1 aromatic heterocycles. The summed E-state index contributed by atoms with van der Waals surface area (Å²) < 4.78 is 26.1. The van der Waals surface area contributed by atoms with Crippen molar-refractivity contribution in [1.82, 2.24) is 9.71 Å². The van der Waals surface area contributed by atoms with Gasteiger partial charge in [-0.3, -0.25) is 0 Å². The van der Waals surface area contributed by atoms with Gasteiger partial charge in [0.25, 0.3) is 0 Å². The standard InChI is InChI=1S/C11H17ClN2O3S/c1-3-6-11(2,15)8-14-18(16,17)9-4-5-10(12)13-7-9/h4-5,7,14-15H,3,6,8H2,1-2H3. The lowest BCUT2D eigenvalue weighted by Crippen LogP contribution is -2.40. The lowest BCUT2D eigenvalue weighted by Gasteiger charge is -2.22. The van der Waals surface area contributed by atoms with Crippen LogP contribution < -0.4 is 4.72 Å². The fraction of sp³-hybridized carbons (Fsp3) is 0.545. The molecule has 0 aromatic carbocycles. The van der Waals surface area contributed by atoms with Crippen LogP contribution >= 0.6 is 11.6 Å². The maximum Gasteiger partial charge on any atom is 0.242 e. The first kappa shape index (κ1) is 15.4. The normalized spacial score (nSPS) is 15.3. The lowest BCUT2D eigenvalue weighted by molar-refractivity contribution is 0.0554. The van der Waals surface area contributed by atoms with Gasteiger partial charge < -0.3 is 5.11 Å². The number of halogens is 1. The molecule has 0 aliphatic rings. The summed E-state index contributed by atoms with van der Waals surface area (Å²) >= 11 is 5.59. The summed E-state index contributed by atoms with van der Waals surface area (Å²) in [5.41, 5.74) is -1.05. The van der Waals surface area contributed by atoms with E-state index < -0.39 is 15.6 Å². The van der Waals surface area contributed by atoms with Crippen molar-refractivity contribution in [3.8, 4) is 0 Å². The van der Waals surface area contributed by atoms with Gasteiger partial charge in [-0.25, -0.2) is 18.1 Å². The number of nitrogens with zero attached hydrogens (tertiary/aromatic N) is 1. The van der Waals surface area contributed by atoms with Crippen molar-refractivity contribution in [3.05, 3.63) is 23.5 Å². The quantitative estimate of drug-likeness (QED) is 0.780. The zero-order valence-corrected chi connectivity index (χ0v) is 11.9. The molecule has 5 nitrogen and oxygen atoms in total. The average molecular weight is 293 g/mol. The molecule has 1 aromatic rings. The Labute approximate surface area is 112 Å². The van der Waals surface area contributed by atoms with E-state index in [-0.39, 0.29) is 16.6 Å². The largest absolute Gasteiger partial charge is 0.389 e. The third kappa shape index (κ3) is 4.53. The van der Waals surface area contributed by atoms with E-state index in [1.165, 1.54) is 18.3 Å². The van der Waals surface area contributed by atoms with E-state index in [4.69, 9.17) is 11.6 Å². The Balaban J connectivity index is 2.74. The minimum Gasteiger partial charge on any atom is -0.389 e. The number of sulfonamides is 1. The first-order valence-corrected chi connectivity index (χ1v) is 7.46. The fourth-order valence-electron chi connectivity index (χ4n) is 1.48. The SMILES string of the molecule is CCCC(C)(O)CNS(=O)(=O)c1ccc(Cl)nc1. The Morgan fingerprint density at radius 1 is 1.50 bits per heavy atom. The van der Waals surface area contributed by atoms with E-state index in [1.54, 1.807) is 6.92 Å². The van der Waals surface area contributed by atoms with Crippen LogP contribution in [0.3, 0.4) is 0 Å². The summed E-state index contributed by atoms with van der Waals surface area (Å²) in [5.74, 6) is 0. The van der Waals surface area contributed by atoms with Crippen molar-refractivity contribution in [2.75, 3.05) is 6.54 Å². The van der Waals surface area contributed by atoms with Crippen molar-refractivity contribution in [2.24, 2.45) is 0 Å². The maximum atomic E-state index is 11.9. The fourth-order valence-corrected chi connectivity index (χ4v) is 2.70. The van der Waals surface area contributed by atoms with Crippen LogP contribution in [0.25, 0.3) is 0 Å². The monoisotopic (exact) mass is 292 g/mol. The van der Waals surface area contributed by atoms with Crippen LogP contribution in [0.5, 0.6) is 0 Å². The van der Waals surface area contributed by atoms with Gasteiger partial charge in [-0.05, 0) is 25.5 Å². The highest BCUT2D eigenvalue weighted by molar-refractivity contribution is 7.89. The Hall–Kier alpha value is -0.690. The first-order valence-electron chi connectivity index (χ1n) is 5.60. The molecule has 1 atom stereocenters. The molecule has 0 fully saturated rings. The summed E-state index contributed by atoms with van der Waals surface area (Å²) in [5, 5.41) is 10.1. The zero-order chi connectivity index (χ0) is 13.8. The Bertz CT molecular complexity index is 486. The minimum atomic E-state index is -3.66. The summed E-state index contributed by atoms with van der Waals surface area (Å²) in [6.45, 7) is 3.48. The van der Waals surface area contributed by atoms with Crippen molar-refractivity contribution in [1.29, 1.82) is 0 Å². The number of rotatable bonds is 6. The van der Waals surface area contributed by atoms with Crippen molar-refractivity contribution >= 4 is 21.6 Å². The van der Waals surface area contributed by atoms with Gasteiger partial charge in [-0.15, -0.1) is 0 Å². The Kier molecular flexibility index (Phi) is 5.10. The van der Waals surface area contributed by atoms with Crippen molar-refractivity contribution in [2.45, 2.75) is 37.2 Å². The number of hydrogen-bond donors (Lipinski definition) is 2. The second kappa shape index (κ2) is 5.97. The maximum absolute atomic E-state index is 11.9. The zero-order valence-electron chi connectivity index (χ0n) is 10.4. The third-order valence-corrected chi connectivity index (χ3v) is 4.05. The van der Waals surface area contributed by atoms with Gasteiger partial charge >= 0.3 is 0 Å². The smallest absolute Gasteiger partial charge is 0.242 e. The number of nitrogens with one attached hydrogen (secondary N) is 1. The van der Waals surface area contributed by atoms with Crippen molar-refractivity contribution < 1.29 is 13.5 Å². The average Bonchev–Trinajstić information content (AvgIpc) is 2.27. The highest BCUT2D eigenvalue weighted by atomic mass is 35.5. The summed E-state index contributed by atoms with van der Waals surface area (Å²) in [6, 6.07) is 2.77. The molecule has 102 valence electrons. The number of aromatic nitrogens is 1. The second-order valence-corrected chi connectivity index (χ2v) is 6.54. The van der Waals surface area contributed by atoms with Crippen LogP contribution in [0.15, 0.2) is 23.2 Å². The van der Waals surface area contributed by atoms with E-state index in [1.807, 2.05) is 6.92 Å². The van der Waals surface area contributed by atoms with Crippen LogP contribution in [0.2, 0.25) is 5.15 Å². The molecule has 0 radical (unpaired) electrons. The molecule has 0 bridgehead atoms. The molecule has 7 heteroatoms. The van der Waals surface area contributed by atoms with Gasteiger partial charge in [0, 0.05) is 12.7 Å². The topological polar surface area (TPSA) is 79.3 Å². The highest BCUT2D eigenvalue weighted by Gasteiger charge is 2.23. The van der Waals surface area contributed by atoms with E-state index in [0.717, 1.165) is 6.42 Å². The van der Waals surface area contributed by atoms with Crippen molar-refractivity contribution in [3.63, 3.8) is 0 Å². The molecule has 1 heterocycles. The third-order valence-electron chi connectivity index (χ3n) is 2.44. The van der Waals surface area contributed by atoms with Crippen LogP contribution in [-0.4, -0.2) is 30.7 Å². The van der Waals surface area contributed by atoms with Crippen LogP contribution in [0, 0.1) is 0 Å². The van der Waals surface area contributed by atoms with Gasteiger partial charge in [0.15, 0.2) is 0 Å². The highest BCUT2D eigenvalue weighted by Crippen LogP contribution is 2.14. The first-order chi connectivity index (χ1) is 8.27. The molecular formula is C11H17ClN2O3S. The van der Waals surface area contributed by atoms with Crippen LogP contribution in [-0.2, 0) is 10.0 Å². The molecule has 2 N–H and O–H groups in total. The Morgan fingerprint density at radius 2 is 2.17 bits per heavy atom. The number of hydrogen-bond acceptors (Lipinski definition) is 4. The van der Waals surface area contributed by atoms with Gasteiger partial charge in [0.2, 0.25) is 10.0 Å². The summed E-state index contributed by atoms with van der Waals surface area (Å²) in [6.07, 6.45) is 2.48. The molecule has 0 aliphatic carbocycles. The molecule has 0 saturated carbocycles. The van der Waals surface area contributed by atoms with Gasteiger partial charge in [-0.1, -0.05) is 24.9 Å². The predicted octanol–water partition coefficient (Wildman–Crippen LogP) is 1.56. The summed E-state index contributed by atoms with van der Waals surface area (Å²) in [4.78, 5) is 3.74.